The van der Waals surface area contributed by atoms with Crippen LogP contribution in [0.25, 0.3) is 0 Å². The molecule has 0 saturated carbocycles. The Morgan fingerprint density at radius 3 is 2.67 bits per heavy atom. The highest BCUT2D eigenvalue weighted by Gasteiger charge is 2.18. The summed E-state index contributed by atoms with van der Waals surface area (Å²) in [6.45, 7) is 11.5. The van der Waals surface area contributed by atoms with Gasteiger partial charge in [0.25, 0.3) is 0 Å². The first-order valence-electron chi connectivity index (χ1n) is 8.68. The Morgan fingerprint density at radius 1 is 1.19 bits per heavy atom. The van der Waals surface area contributed by atoms with E-state index in [4.69, 9.17) is 0 Å². The van der Waals surface area contributed by atoms with Crippen molar-refractivity contribution in [3.63, 3.8) is 0 Å². The maximum atomic E-state index is 3.56. The van der Waals surface area contributed by atoms with Crippen molar-refractivity contribution >= 4 is 0 Å². The zero-order chi connectivity index (χ0) is 15.1. The molecule has 0 spiro atoms. The Morgan fingerprint density at radius 2 is 1.95 bits per heavy atom. The van der Waals surface area contributed by atoms with Gasteiger partial charge >= 0.3 is 0 Å². The second-order valence-electron chi connectivity index (χ2n) is 6.93. The summed E-state index contributed by atoms with van der Waals surface area (Å²) in [6, 6.07) is 9.74. The van der Waals surface area contributed by atoms with Crippen molar-refractivity contribution in [3.05, 3.63) is 35.4 Å². The summed E-state index contributed by atoms with van der Waals surface area (Å²) in [5.41, 5.74) is 3.05. The summed E-state index contributed by atoms with van der Waals surface area (Å²) < 4.78 is 0. The lowest BCUT2D eigenvalue weighted by Gasteiger charge is -2.33. The third kappa shape index (κ3) is 5.44. The number of nitrogens with zero attached hydrogens (tertiary/aromatic N) is 1. The molecule has 1 heterocycles. The third-order valence-corrected chi connectivity index (χ3v) is 4.56. The van der Waals surface area contributed by atoms with Crippen LogP contribution in [0.4, 0.5) is 0 Å². The van der Waals surface area contributed by atoms with E-state index in [1.54, 1.807) is 0 Å². The average Bonchev–Trinajstić information content (AvgIpc) is 2.47. The fourth-order valence-corrected chi connectivity index (χ4v) is 3.18. The number of likely N-dealkylation sites (tertiary alicyclic amines) is 1. The summed E-state index contributed by atoms with van der Waals surface area (Å²) in [4.78, 5) is 2.66. The first kappa shape index (κ1) is 16.5. The number of hydrogen-bond acceptors (Lipinski definition) is 2. The number of piperidine rings is 1. The number of rotatable bonds is 7. The van der Waals surface area contributed by atoms with Crippen LogP contribution in [0.3, 0.4) is 0 Å². The predicted molar refractivity (Wildman–Crippen MR) is 91.6 cm³/mol. The molecule has 0 amide bonds. The number of hydrogen-bond donors (Lipinski definition) is 1. The van der Waals surface area contributed by atoms with E-state index in [1.165, 1.54) is 36.9 Å². The minimum Gasteiger partial charge on any atom is -0.316 e. The second kappa shape index (κ2) is 8.55. The van der Waals surface area contributed by atoms with E-state index in [-0.39, 0.29) is 0 Å². The molecule has 2 rings (SSSR count). The molecule has 1 aromatic rings. The van der Waals surface area contributed by atoms with Crippen LogP contribution in [0.5, 0.6) is 0 Å². The lowest BCUT2D eigenvalue weighted by molar-refractivity contribution is 0.152. The largest absolute Gasteiger partial charge is 0.316 e. The number of benzene rings is 1. The molecule has 0 aromatic heterocycles. The van der Waals surface area contributed by atoms with Gasteiger partial charge in [-0.15, -0.1) is 0 Å². The third-order valence-electron chi connectivity index (χ3n) is 4.56. The first-order valence-corrected chi connectivity index (χ1v) is 8.68. The van der Waals surface area contributed by atoms with E-state index >= 15 is 0 Å². The monoisotopic (exact) mass is 288 g/mol. The highest BCUT2D eigenvalue weighted by Crippen LogP contribution is 2.20. The van der Waals surface area contributed by atoms with Gasteiger partial charge in [0.2, 0.25) is 0 Å². The quantitative estimate of drug-likeness (QED) is 0.767. The maximum absolute atomic E-state index is 3.56. The summed E-state index contributed by atoms with van der Waals surface area (Å²) >= 11 is 0. The predicted octanol–water partition coefficient (Wildman–Crippen LogP) is 3.85. The second-order valence-corrected chi connectivity index (χ2v) is 6.93. The summed E-state index contributed by atoms with van der Waals surface area (Å²) in [5, 5.41) is 3.56. The van der Waals surface area contributed by atoms with Crippen molar-refractivity contribution in [3.8, 4) is 0 Å². The fourth-order valence-electron chi connectivity index (χ4n) is 3.18. The molecule has 0 aliphatic carbocycles. The van der Waals surface area contributed by atoms with Crippen molar-refractivity contribution < 1.29 is 0 Å². The molecule has 2 heteroatoms. The minimum atomic E-state index is 0.731. The molecule has 21 heavy (non-hydrogen) atoms. The summed E-state index contributed by atoms with van der Waals surface area (Å²) in [6.07, 6.45) is 5.27. The first-order chi connectivity index (χ1) is 10.2. The Bertz CT molecular complexity index is 414. The van der Waals surface area contributed by atoms with E-state index in [0.29, 0.717) is 0 Å². The van der Waals surface area contributed by atoms with Crippen molar-refractivity contribution in [2.75, 3.05) is 19.6 Å². The van der Waals surface area contributed by atoms with Crippen molar-refractivity contribution in [1.82, 2.24) is 10.2 Å². The zero-order valence-corrected chi connectivity index (χ0v) is 14.1. The van der Waals surface area contributed by atoms with E-state index in [2.05, 4.69) is 55.3 Å². The molecule has 118 valence electrons. The van der Waals surface area contributed by atoms with Crippen LogP contribution in [0.15, 0.2) is 24.3 Å². The molecule has 1 N–H and O–H groups in total. The molecule has 0 radical (unpaired) electrons. The normalized spacial score (nSPS) is 20.1. The molecule has 1 aliphatic rings. The topological polar surface area (TPSA) is 15.3 Å². The van der Waals surface area contributed by atoms with Crippen LogP contribution in [-0.4, -0.2) is 30.6 Å². The molecule has 1 fully saturated rings. The summed E-state index contributed by atoms with van der Waals surface area (Å²) in [7, 11) is 0. The van der Waals surface area contributed by atoms with Gasteiger partial charge in [0.1, 0.15) is 0 Å². The van der Waals surface area contributed by atoms with Crippen molar-refractivity contribution in [2.24, 2.45) is 5.92 Å². The van der Waals surface area contributed by atoms with Crippen LogP contribution in [0.2, 0.25) is 0 Å². The fraction of sp³-hybridized carbons (Fsp3) is 0.684. The minimum absolute atomic E-state index is 0.731. The van der Waals surface area contributed by atoms with E-state index < -0.39 is 0 Å². The molecule has 0 bridgehead atoms. The Balaban J connectivity index is 1.90. The molecule has 1 aromatic carbocycles. The van der Waals surface area contributed by atoms with Crippen LogP contribution >= 0.6 is 0 Å². The highest BCUT2D eigenvalue weighted by atomic mass is 15.2. The molecular formula is C19H32N2. The van der Waals surface area contributed by atoms with Crippen LogP contribution in [0.1, 0.15) is 51.2 Å². The van der Waals surface area contributed by atoms with Crippen molar-refractivity contribution in [1.29, 1.82) is 0 Å². The molecule has 1 saturated heterocycles. The maximum Gasteiger partial charge on any atom is 0.0239 e. The highest BCUT2D eigenvalue weighted by molar-refractivity contribution is 5.27. The molecule has 2 nitrogen and oxygen atoms in total. The van der Waals surface area contributed by atoms with Gasteiger partial charge in [-0.25, -0.2) is 0 Å². The lowest BCUT2D eigenvalue weighted by Crippen LogP contribution is -2.37. The van der Waals surface area contributed by atoms with Gasteiger partial charge in [-0.1, -0.05) is 44.5 Å². The summed E-state index contributed by atoms with van der Waals surface area (Å²) in [5.74, 6) is 0.731. The van der Waals surface area contributed by atoms with Gasteiger partial charge in [-0.2, -0.15) is 0 Å². The van der Waals surface area contributed by atoms with Gasteiger partial charge in [-0.3, -0.25) is 4.90 Å². The van der Waals surface area contributed by atoms with Gasteiger partial charge in [0, 0.05) is 12.6 Å². The number of nitrogens with one attached hydrogen (secondary N) is 1. The Hall–Kier alpha value is -0.860. The standard InChI is InChI=1S/C19H32N2/c1-16(2)14-20-12-11-18-9-4-5-10-19(18)15-21-13-7-6-8-17(21)3/h4-5,9-10,16-17,20H,6-8,11-15H2,1-3H3. The van der Waals surface area contributed by atoms with Crippen LogP contribution < -0.4 is 5.32 Å². The molecule has 1 aliphatic heterocycles. The van der Waals surface area contributed by atoms with Crippen LogP contribution in [0, 0.1) is 5.92 Å². The SMILES string of the molecule is CC(C)CNCCc1ccccc1CN1CCCCC1C. The molecule has 1 unspecified atom stereocenters. The van der Waals surface area contributed by atoms with Crippen LogP contribution in [-0.2, 0) is 13.0 Å². The van der Waals surface area contributed by atoms with E-state index in [1.807, 2.05) is 0 Å². The van der Waals surface area contributed by atoms with Gasteiger partial charge in [0.15, 0.2) is 0 Å². The van der Waals surface area contributed by atoms with E-state index in [0.717, 1.165) is 38.0 Å². The Kier molecular flexibility index (Phi) is 6.72. The van der Waals surface area contributed by atoms with Gasteiger partial charge in [-0.05, 0) is 62.9 Å². The van der Waals surface area contributed by atoms with Gasteiger partial charge in [0.05, 0.1) is 0 Å². The molecular weight excluding hydrogens is 256 g/mol. The van der Waals surface area contributed by atoms with Gasteiger partial charge < -0.3 is 5.32 Å². The average molecular weight is 288 g/mol. The molecule has 1 atom stereocenters. The van der Waals surface area contributed by atoms with Crippen molar-refractivity contribution in [2.45, 2.75) is 59.0 Å². The lowest BCUT2D eigenvalue weighted by atomic mass is 9.99. The zero-order valence-electron chi connectivity index (χ0n) is 14.1. The Labute approximate surface area is 130 Å². The smallest absolute Gasteiger partial charge is 0.0239 e. The van der Waals surface area contributed by atoms with E-state index in [9.17, 15) is 0 Å².